The maximum atomic E-state index is 12.7. The van der Waals surface area contributed by atoms with Crippen LogP contribution >= 0.6 is 0 Å². The Labute approximate surface area is 114 Å². The Morgan fingerprint density at radius 1 is 1.42 bits per heavy atom. The van der Waals surface area contributed by atoms with Gasteiger partial charge in [-0.3, -0.25) is 0 Å². The molecule has 0 aromatic heterocycles. The first-order valence-electron chi connectivity index (χ1n) is 7.01. The lowest BCUT2D eigenvalue weighted by molar-refractivity contribution is 0.256. The lowest BCUT2D eigenvalue weighted by Gasteiger charge is -2.17. The lowest BCUT2D eigenvalue weighted by Crippen LogP contribution is -2.30. The number of likely N-dealkylation sites (tertiary alicyclic amines) is 1. The molecule has 19 heavy (non-hydrogen) atoms. The van der Waals surface area contributed by atoms with Crippen molar-refractivity contribution in [2.45, 2.75) is 25.8 Å². The largest absolute Gasteiger partial charge is 0.494 e. The zero-order chi connectivity index (χ0) is 13.7. The van der Waals surface area contributed by atoms with E-state index in [1.807, 2.05) is 0 Å². The summed E-state index contributed by atoms with van der Waals surface area (Å²) in [6.45, 7) is 6.05. The van der Waals surface area contributed by atoms with Gasteiger partial charge in [0.2, 0.25) is 0 Å². The van der Waals surface area contributed by atoms with Gasteiger partial charge >= 0.3 is 0 Å². The van der Waals surface area contributed by atoms with Gasteiger partial charge in [0, 0.05) is 19.1 Å². The second kappa shape index (κ2) is 6.87. The van der Waals surface area contributed by atoms with Gasteiger partial charge in [0.1, 0.15) is 11.6 Å². The number of nitrogens with zero attached hydrogens (tertiary/aromatic N) is 1. The van der Waals surface area contributed by atoms with Crippen LogP contribution in [0, 0.1) is 11.7 Å². The van der Waals surface area contributed by atoms with Crippen molar-refractivity contribution < 1.29 is 9.13 Å². The summed E-state index contributed by atoms with van der Waals surface area (Å²) in [5, 5.41) is 0. The highest BCUT2D eigenvalue weighted by Gasteiger charge is 2.24. The predicted molar refractivity (Wildman–Crippen MR) is 74.7 cm³/mol. The predicted octanol–water partition coefficient (Wildman–Crippen LogP) is 2.26. The molecule has 0 amide bonds. The summed E-state index contributed by atoms with van der Waals surface area (Å²) in [6, 6.07) is 6.46. The normalized spacial score (nSPS) is 21.5. The van der Waals surface area contributed by atoms with Crippen LogP contribution in [0.25, 0.3) is 0 Å². The molecule has 1 aliphatic heterocycles. The van der Waals surface area contributed by atoms with Crippen LogP contribution in [-0.4, -0.2) is 37.2 Å². The van der Waals surface area contributed by atoms with Crippen molar-refractivity contribution in [3.8, 4) is 5.75 Å². The fourth-order valence-corrected chi connectivity index (χ4v) is 2.50. The molecule has 0 bridgehead atoms. The number of rotatable bonds is 6. The molecule has 0 aliphatic carbocycles. The quantitative estimate of drug-likeness (QED) is 0.803. The summed E-state index contributed by atoms with van der Waals surface area (Å²) in [5.74, 6) is 1.14. The van der Waals surface area contributed by atoms with E-state index >= 15 is 0 Å². The van der Waals surface area contributed by atoms with E-state index in [0.29, 0.717) is 18.6 Å². The van der Waals surface area contributed by atoms with Gasteiger partial charge in [0.25, 0.3) is 0 Å². The minimum absolute atomic E-state index is 0.230. The van der Waals surface area contributed by atoms with Crippen molar-refractivity contribution in [1.82, 2.24) is 4.90 Å². The maximum Gasteiger partial charge on any atom is 0.123 e. The molecule has 106 valence electrons. The maximum absolute atomic E-state index is 12.7. The summed E-state index contributed by atoms with van der Waals surface area (Å²) >= 11 is 0. The average Bonchev–Trinajstić information content (AvgIpc) is 2.86. The first kappa shape index (κ1) is 14.3. The SMILES string of the molecule is CC(N)C1CCN(CCCOc2ccc(F)cc2)C1. The Morgan fingerprint density at radius 3 is 2.79 bits per heavy atom. The van der Waals surface area contributed by atoms with Crippen molar-refractivity contribution in [2.24, 2.45) is 11.7 Å². The molecule has 1 heterocycles. The molecule has 0 spiro atoms. The smallest absolute Gasteiger partial charge is 0.123 e. The number of nitrogens with two attached hydrogens (primary N) is 1. The third kappa shape index (κ3) is 4.48. The molecule has 1 fully saturated rings. The fourth-order valence-electron chi connectivity index (χ4n) is 2.50. The molecule has 2 atom stereocenters. The van der Waals surface area contributed by atoms with E-state index in [0.717, 1.165) is 31.8 Å². The Morgan fingerprint density at radius 2 is 2.16 bits per heavy atom. The van der Waals surface area contributed by atoms with Crippen LogP contribution in [0.1, 0.15) is 19.8 Å². The van der Waals surface area contributed by atoms with Crippen LogP contribution in [0.3, 0.4) is 0 Å². The van der Waals surface area contributed by atoms with Gasteiger partial charge in [-0.1, -0.05) is 0 Å². The molecule has 1 aliphatic rings. The molecule has 0 saturated carbocycles. The van der Waals surface area contributed by atoms with E-state index in [2.05, 4.69) is 11.8 Å². The Hall–Kier alpha value is -1.13. The molecule has 1 aromatic carbocycles. The van der Waals surface area contributed by atoms with Crippen LogP contribution in [0.15, 0.2) is 24.3 Å². The molecular weight excluding hydrogens is 243 g/mol. The van der Waals surface area contributed by atoms with Gasteiger partial charge in [-0.2, -0.15) is 0 Å². The summed E-state index contributed by atoms with van der Waals surface area (Å²) in [4.78, 5) is 2.45. The highest BCUT2D eigenvalue weighted by molar-refractivity contribution is 5.21. The van der Waals surface area contributed by atoms with Crippen LogP contribution in [0.5, 0.6) is 5.75 Å². The highest BCUT2D eigenvalue weighted by Crippen LogP contribution is 2.18. The monoisotopic (exact) mass is 266 g/mol. The highest BCUT2D eigenvalue weighted by atomic mass is 19.1. The lowest BCUT2D eigenvalue weighted by atomic mass is 10.0. The average molecular weight is 266 g/mol. The topological polar surface area (TPSA) is 38.5 Å². The van der Waals surface area contributed by atoms with Crippen molar-refractivity contribution in [3.05, 3.63) is 30.1 Å². The molecule has 2 rings (SSSR count). The van der Waals surface area contributed by atoms with E-state index in [4.69, 9.17) is 10.5 Å². The summed E-state index contributed by atoms with van der Waals surface area (Å²) in [7, 11) is 0. The molecule has 3 nitrogen and oxygen atoms in total. The molecule has 2 unspecified atom stereocenters. The molecular formula is C15H23FN2O. The van der Waals surface area contributed by atoms with Crippen LogP contribution in [0.2, 0.25) is 0 Å². The summed E-state index contributed by atoms with van der Waals surface area (Å²) in [5.41, 5.74) is 5.92. The second-order valence-corrected chi connectivity index (χ2v) is 5.36. The third-order valence-electron chi connectivity index (χ3n) is 3.75. The van der Waals surface area contributed by atoms with Gasteiger partial charge in [-0.25, -0.2) is 4.39 Å². The molecule has 0 radical (unpaired) electrons. The van der Waals surface area contributed by atoms with E-state index in [9.17, 15) is 4.39 Å². The molecule has 1 aromatic rings. The molecule has 1 saturated heterocycles. The third-order valence-corrected chi connectivity index (χ3v) is 3.75. The number of ether oxygens (including phenoxy) is 1. The van der Waals surface area contributed by atoms with Crippen LogP contribution in [0.4, 0.5) is 4.39 Å². The zero-order valence-electron chi connectivity index (χ0n) is 11.5. The number of benzene rings is 1. The fraction of sp³-hybridized carbons (Fsp3) is 0.600. The van der Waals surface area contributed by atoms with Gasteiger partial charge in [0.15, 0.2) is 0 Å². The van der Waals surface area contributed by atoms with Crippen LogP contribution < -0.4 is 10.5 Å². The number of halogens is 1. The summed E-state index contributed by atoms with van der Waals surface area (Å²) < 4.78 is 18.3. The van der Waals surface area contributed by atoms with Gasteiger partial charge < -0.3 is 15.4 Å². The zero-order valence-corrected chi connectivity index (χ0v) is 11.5. The van der Waals surface area contributed by atoms with E-state index < -0.39 is 0 Å². The van der Waals surface area contributed by atoms with Crippen molar-refractivity contribution in [3.63, 3.8) is 0 Å². The van der Waals surface area contributed by atoms with E-state index in [1.54, 1.807) is 12.1 Å². The van der Waals surface area contributed by atoms with Crippen molar-refractivity contribution in [1.29, 1.82) is 0 Å². The van der Waals surface area contributed by atoms with Gasteiger partial charge in [-0.05, 0) is 56.5 Å². The van der Waals surface area contributed by atoms with Crippen molar-refractivity contribution >= 4 is 0 Å². The van der Waals surface area contributed by atoms with Crippen LogP contribution in [-0.2, 0) is 0 Å². The molecule has 2 N–H and O–H groups in total. The standard InChI is InChI=1S/C15H23FN2O/c1-12(17)13-7-9-18(11-13)8-2-10-19-15-5-3-14(16)4-6-15/h3-6,12-13H,2,7-11,17H2,1H3. The van der Waals surface area contributed by atoms with E-state index in [-0.39, 0.29) is 5.82 Å². The first-order chi connectivity index (χ1) is 9.15. The number of hydrogen-bond acceptors (Lipinski definition) is 3. The molecule has 4 heteroatoms. The Bertz CT molecular complexity index is 380. The Kier molecular flexibility index (Phi) is 5.16. The Balaban J connectivity index is 1.61. The van der Waals surface area contributed by atoms with E-state index in [1.165, 1.54) is 18.6 Å². The van der Waals surface area contributed by atoms with Crippen molar-refractivity contribution in [2.75, 3.05) is 26.2 Å². The first-order valence-corrected chi connectivity index (χ1v) is 7.01. The summed E-state index contributed by atoms with van der Waals surface area (Å²) in [6.07, 6.45) is 2.19. The van der Waals surface area contributed by atoms with Gasteiger partial charge in [0.05, 0.1) is 6.61 Å². The van der Waals surface area contributed by atoms with Gasteiger partial charge in [-0.15, -0.1) is 0 Å². The second-order valence-electron chi connectivity index (χ2n) is 5.36. The number of hydrogen-bond donors (Lipinski definition) is 1. The minimum atomic E-state index is -0.230. The minimum Gasteiger partial charge on any atom is -0.494 e.